The van der Waals surface area contributed by atoms with Gasteiger partial charge in [-0.15, -0.1) is 11.3 Å². The normalized spacial score (nSPS) is 12.2. The van der Waals surface area contributed by atoms with E-state index in [4.69, 9.17) is 0 Å². The second kappa shape index (κ2) is 9.96. The third kappa shape index (κ3) is 4.80. The third-order valence-corrected chi connectivity index (χ3v) is 8.87. The van der Waals surface area contributed by atoms with Crippen molar-refractivity contribution in [1.29, 1.82) is 0 Å². The van der Waals surface area contributed by atoms with Crippen LogP contribution in [0.3, 0.4) is 0 Å². The van der Waals surface area contributed by atoms with Gasteiger partial charge in [-0.25, -0.2) is 8.42 Å². The summed E-state index contributed by atoms with van der Waals surface area (Å²) in [5.74, 6) is -2.90. The highest BCUT2D eigenvalue weighted by molar-refractivity contribution is 7.91. The number of thiophene rings is 1. The van der Waals surface area contributed by atoms with Crippen LogP contribution in [-0.4, -0.2) is 71.4 Å². The van der Waals surface area contributed by atoms with E-state index in [2.05, 4.69) is 16.8 Å². The number of aromatic hydroxyl groups is 8. The number of phenolic OH excluding ortho intramolecular Hbond substituents is 7. The quantitative estimate of drug-likeness (QED) is 0.0865. The Kier molecular flexibility index (Phi) is 6.98. The molecule has 0 aliphatic rings. The standard InChI is InChI=1S/C24H20N2O12S2/c1-8-17(28)19(30)10(20(31)18(8)29)4-2-9-3-5-15(39-9)40(37,38)26-13(24(35)36)6-12-11-7-14(27)21(32)22(33)16(11)25-23(12)34/h3,5,7,13,25-34H,6H2,1H3,(H,35,36). The zero-order valence-corrected chi connectivity index (χ0v) is 21.7. The molecule has 0 aliphatic carbocycles. The molecule has 4 rings (SSSR count). The highest BCUT2D eigenvalue weighted by Gasteiger charge is 2.30. The van der Waals surface area contributed by atoms with Crippen LogP contribution in [0.1, 0.15) is 21.6 Å². The molecule has 0 fully saturated rings. The van der Waals surface area contributed by atoms with Gasteiger partial charge in [0.25, 0.3) is 10.0 Å². The number of phenols is 7. The summed E-state index contributed by atoms with van der Waals surface area (Å²) in [5, 5.41) is 89.1. The largest absolute Gasteiger partial charge is 0.504 e. The number of hydrogen-bond donors (Lipinski definition) is 11. The van der Waals surface area contributed by atoms with Crippen molar-refractivity contribution in [1.82, 2.24) is 9.71 Å². The van der Waals surface area contributed by atoms with Crippen molar-refractivity contribution < 1.29 is 59.2 Å². The van der Waals surface area contributed by atoms with Crippen LogP contribution in [0.4, 0.5) is 0 Å². The van der Waals surface area contributed by atoms with E-state index >= 15 is 0 Å². The van der Waals surface area contributed by atoms with Crippen LogP contribution >= 0.6 is 11.3 Å². The summed E-state index contributed by atoms with van der Waals surface area (Å²) < 4.78 is 27.5. The monoisotopic (exact) mass is 592 g/mol. The molecule has 0 saturated carbocycles. The number of carbonyl (C=O) groups is 1. The van der Waals surface area contributed by atoms with Gasteiger partial charge in [-0.1, -0.05) is 11.8 Å². The Morgan fingerprint density at radius 3 is 2.17 bits per heavy atom. The van der Waals surface area contributed by atoms with Crippen molar-refractivity contribution in [2.75, 3.05) is 0 Å². The molecular formula is C24H20N2O12S2. The van der Waals surface area contributed by atoms with Gasteiger partial charge >= 0.3 is 5.97 Å². The minimum atomic E-state index is -4.48. The first-order valence-electron chi connectivity index (χ1n) is 10.9. The first kappa shape index (κ1) is 28.0. The molecule has 16 heteroatoms. The Morgan fingerprint density at radius 1 is 0.950 bits per heavy atom. The van der Waals surface area contributed by atoms with E-state index in [1.54, 1.807) is 0 Å². The number of rotatable bonds is 6. The molecule has 2 heterocycles. The number of aliphatic carboxylic acids is 1. The van der Waals surface area contributed by atoms with Crippen LogP contribution in [0.25, 0.3) is 10.9 Å². The summed E-state index contributed by atoms with van der Waals surface area (Å²) in [6, 6.07) is 1.49. The Balaban J connectivity index is 1.62. The van der Waals surface area contributed by atoms with Gasteiger partial charge in [-0.2, -0.15) is 4.72 Å². The molecular weight excluding hydrogens is 572 g/mol. The lowest BCUT2D eigenvalue weighted by Gasteiger charge is -2.14. The van der Waals surface area contributed by atoms with E-state index < -0.39 is 80.1 Å². The van der Waals surface area contributed by atoms with E-state index in [0.717, 1.165) is 12.1 Å². The summed E-state index contributed by atoms with van der Waals surface area (Å²) in [6.45, 7) is 1.24. The number of nitrogens with one attached hydrogen (secondary N) is 2. The molecule has 0 radical (unpaired) electrons. The predicted molar refractivity (Wildman–Crippen MR) is 139 cm³/mol. The first-order chi connectivity index (χ1) is 18.6. The van der Waals surface area contributed by atoms with Gasteiger partial charge in [0.2, 0.25) is 5.75 Å². The van der Waals surface area contributed by atoms with Crippen LogP contribution < -0.4 is 4.72 Å². The number of carboxylic acids is 1. The van der Waals surface area contributed by atoms with E-state index in [1.165, 1.54) is 13.0 Å². The molecule has 0 spiro atoms. The summed E-state index contributed by atoms with van der Waals surface area (Å²) in [6.07, 6.45) is -0.638. The van der Waals surface area contributed by atoms with Gasteiger partial charge < -0.3 is 50.9 Å². The van der Waals surface area contributed by atoms with Gasteiger partial charge in [-0.05, 0) is 25.1 Å². The zero-order valence-electron chi connectivity index (χ0n) is 20.1. The van der Waals surface area contributed by atoms with E-state index in [-0.39, 0.29) is 31.1 Å². The molecule has 0 aliphatic heterocycles. The van der Waals surface area contributed by atoms with Crippen molar-refractivity contribution in [3.8, 4) is 58.0 Å². The van der Waals surface area contributed by atoms with Crippen molar-refractivity contribution >= 4 is 38.2 Å². The Hall–Kier alpha value is -4.98. The smallest absolute Gasteiger partial charge is 0.322 e. The number of aromatic nitrogens is 1. The van der Waals surface area contributed by atoms with Crippen molar-refractivity contribution in [3.05, 3.63) is 39.8 Å². The summed E-state index contributed by atoms with van der Waals surface area (Å²) in [7, 11) is -4.48. The molecule has 4 aromatic rings. The molecule has 0 bridgehead atoms. The molecule has 1 atom stereocenters. The first-order valence-corrected chi connectivity index (χ1v) is 13.2. The topological polar surface area (TPSA) is 261 Å². The maximum Gasteiger partial charge on any atom is 0.322 e. The predicted octanol–water partition coefficient (Wildman–Crippen LogP) is 1.56. The minimum Gasteiger partial charge on any atom is -0.504 e. The number of benzene rings is 2. The van der Waals surface area contributed by atoms with Crippen molar-refractivity contribution in [3.63, 3.8) is 0 Å². The number of carboxylic acid groups (broad SMARTS) is 1. The number of hydrogen-bond acceptors (Lipinski definition) is 12. The van der Waals surface area contributed by atoms with Gasteiger partial charge in [0.1, 0.15) is 15.8 Å². The molecule has 11 N–H and O–H groups in total. The van der Waals surface area contributed by atoms with Gasteiger partial charge in [-0.3, -0.25) is 4.79 Å². The number of fused-ring (bicyclic) bond motifs is 1. The molecule has 1 unspecified atom stereocenters. The molecule has 2 aromatic carbocycles. The fourth-order valence-corrected chi connectivity index (χ4v) is 6.12. The van der Waals surface area contributed by atoms with Gasteiger partial charge in [0, 0.05) is 22.9 Å². The molecule has 0 saturated heterocycles. The summed E-state index contributed by atoms with van der Waals surface area (Å²) in [4.78, 5) is 14.3. The van der Waals surface area contributed by atoms with Crippen LogP contribution in [0.5, 0.6) is 46.1 Å². The third-order valence-electron chi connectivity index (χ3n) is 5.90. The van der Waals surface area contributed by atoms with Gasteiger partial charge in [0.15, 0.2) is 40.4 Å². The molecule has 14 nitrogen and oxygen atoms in total. The highest BCUT2D eigenvalue weighted by atomic mass is 32.2. The van der Waals surface area contributed by atoms with Crippen molar-refractivity contribution in [2.45, 2.75) is 23.6 Å². The highest BCUT2D eigenvalue weighted by Crippen LogP contribution is 2.46. The Labute approximate surface area is 228 Å². The minimum absolute atomic E-state index is 0.0656. The lowest BCUT2D eigenvalue weighted by atomic mass is 10.0. The van der Waals surface area contributed by atoms with E-state index in [9.17, 15) is 59.2 Å². The van der Waals surface area contributed by atoms with Crippen LogP contribution in [0, 0.1) is 18.8 Å². The zero-order chi connectivity index (χ0) is 29.7. The average molecular weight is 593 g/mol. The fourth-order valence-electron chi connectivity index (χ4n) is 3.76. The lowest BCUT2D eigenvalue weighted by molar-refractivity contribution is -0.138. The van der Waals surface area contributed by atoms with Crippen LogP contribution in [-0.2, 0) is 21.2 Å². The second-order valence-electron chi connectivity index (χ2n) is 8.45. The van der Waals surface area contributed by atoms with Crippen LogP contribution in [0.15, 0.2) is 22.4 Å². The molecule has 2 aromatic heterocycles. The SMILES string of the molecule is Cc1c(O)c(O)c(C#Cc2ccc(S(=O)(=O)NC(Cc3c(O)[nH]c4c(O)c(O)c(O)cc34)C(=O)O)s2)c(O)c1O. The summed E-state index contributed by atoms with van der Waals surface area (Å²) in [5.41, 5.74) is -1.08. The van der Waals surface area contributed by atoms with E-state index in [1.807, 2.05) is 4.72 Å². The maximum absolute atomic E-state index is 13.0. The van der Waals surface area contributed by atoms with Crippen LogP contribution in [0.2, 0.25) is 0 Å². The summed E-state index contributed by atoms with van der Waals surface area (Å²) >= 11 is 0.600. The average Bonchev–Trinajstić information content (AvgIpc) is 3.50. The lowest BCUT2D eigenvalue weighted by Crippen LogP contribution is -2.42. The van der Waals surface area contributed by atoms with Crippen molar-refractivity contribution in [2.24, 2.45) is 0 Å². The van der Waals surface area contributed by atoms with E-state index in [0.29, 0.717) is 11.3 Å². The Bertz CT molecular complexity index is 1830. The molecule has 40 heavy (non-hydrogen) atoms. The number of aromatic amines is 1. The number of sulfonamides is 1. The van der Waals surface area contributed by atoms with Gasteiger partial charge in [0.05, 0.1) is 10.4 Å². The molecule has 210 valence electrons. The molecule has 0 amide bonds. The Morgan fingerprint density at radius 2 is 1.57 bits per heavy atom. The maximum atomic E-state index is 13.0. The fraction of sp³-hybridized carbons (Fsp3) is 0.125. The number of H-pyrrole nitrogens is 1. The second-order valence-corrected chi connectivity index (χ2v) is 11.5.